The van der Waals surface area contributed by atoms with E-state index in [-0.39, 0.29) is 0 Å². The van der Waals surface area contributed by atoms with Gasteiger partial charge in [0.1, 0.15) is 12.4 Å². The van der Waals surface area contributed by atoms with Gasteiger partial charge in [0.05, 0.1) is 0 Å². The zero-order valence-corrected chi connectivity index (χ0v) is 13.1. The number of rotatable bonds is 5. The van der Waals surface area contributed by atoms with Crippen molar-refractivity contribution in [2.75, 3.05) is 26.2 Å². The molecule has 1 saturated heterocycles. The highest BCUT2D eigenvalue weighted by atomic mass is 16.5. The number of ether oxygens (including phenoxy) is 1. The van der Waals surface area contributed by atoms with Crippen LogP contribution in [0.25, 0.3) is 5.57 Å². The van der Waals surface area contributed by atoms with Gasteiger partial charge < -0.3 is 4.74 Å². The summed E-state index contributed by atoms with van der Waals surface area (Å²) in [5, 5.41) is 0. The minimum absolute atomic E-state index is 0.793. The second-order valence-corrected chi connectivity index (χ2v) is 5.90. The molecule has 1 aromatic carbocycles. The first-order chi connectivity index (χ1) is 9.66. The topological polar surface area (TPSA) is 12.5 Å². The van der Waals surface area contributed by atoms with E-state index in [1.165, 1.54) is 49.1 Å². The van der Waals surface area contributed by atoms with Gasteiger partial charge in [-0.25, -0.2) is 0 Å². The maximum Gasteiger partial charge on any atom is 0.119 e. The molecule has 0 saturated carbocycles. The highest BCUT2D eigenvalue weighted by Gasteiger charge is 2.09. The van der Waals surface area contributed by atoms with Gasteiger partial charge in [-0.3, -0.25) is 4.90 Å². The van der Waals surface area contributed by atoms with Crippen molar-refractivity contribution in [3.63, 3.8) is 0 Å². The van der Waals surface area contributed by atoms with Gasteiger partial charge in [0, 0.05) is 6.54 Å². The molecular formula is C18H27NO. The van der Waals surface area contributed by atoms with E-state index in [0.29, 0.717) is 0 Å². The van der Waals surface area contributed by atoms with Crippen LogP contribution < -0.4 is 4.74 Å². The first kappa shape index (κ1) is 15.1. The normalized spacial score (nSPS) is 15.9. The van der Waals surface area contributed by atoms with Crippen molar-refractivity contribution in [3.8, 4) is 5.75 Å². The van der Waals surface area contributed by atoms with Gasteiger partial charge in [-0.1, -0.05) is 24.1 Å². The van der Waals surface area contributed by atoms with Crippen molar-refractivity contribution >= 4 is 5.57 Å². The van der Waals surface area contributed by atoms with E-state index >= 15 is 0 Å². The minimum Gasteiger partial charge on any atom is -0.492 e. The molecule has 20 heavy (non-hydrogen) atoms. The van der Waals surface area contributed by atoms with E-state index < -0.39 is 0 Å². The third kappa shape index (κ3) is 4.38. The fourth-order valence-corrected chi connectivity index (χ4v) is 2.57. The van der Waals surface area contributed by atoms with Gasteiger partial charge >= 0.3 is 0 Å². The lowest BCUT2D eigenvalue weighted by Crippen LogP contribution is -2.33. The monoisotopic (exact) mass is 273 g/mol. The second kappa shape index (κ2) is 7.49. The molecule has 1 heterocycles. The first-order valence-electron chi connectivity index (χ1n) is 7.76. The molecule has 0 aliphatic carbocycles. The minimum atomic E-state index is 0.793. The molecule has 0 radical (unpaired) electrons. The van der Waals surface area contributed by atoms with Crippen LogP contribution in [0.1, 0.15) is 45.6 Å². The molecule has 0 unspecified atom stereocenters. The van der Waals surface area contributed by atoms with Gasteiger partial charge in [-0.2, -0.15) is 0 Å². The van der Waals surface area contributed by atoms with Crippen molar-refractivity contribution in [3.05, 3.63) is 35.4 Å². The summed E-state index contributed by atoms with van der Waals surface area (Å²) in [6, 6.07) is 8.47. The molecule has 0 N–H and O–H groups in total. The number of hydrogen-bond acceptors (Lipinski definition) is 2. The Morgan fingerprint density at radius 2 is 1.65 bits per heavy atom. The van der Waals surface area contributed by atoms with Crippen LogP contribution in [0.4, 0.5) is 0 Å². The van der Waals surface area contributed by atoms with Gasteiger partial charge in [-0.15, -0.1) is 0 Å². The lowest BCUT2D eigenvalue weighted by molar-refractivity contribution is 0.183. The van der Waals surface area contributed by atoms with Crippen LogP contribution in [0, 0.1) is 0 Å². The Balaban J connectivity index is 1.80. The zero-order valence-electron chi connectivity index (χ0n) is 13.1. The van der Waals surface area contributed by atoms with Crippen LogP contribution in [0.2, 0.25) is 0 Å². The van der Waals surface area contributed by atoms with Gasteiger partial charge in [-0.05, 0) is 70.0 Å². The molecule has 2 heteroatoms. The summed E-state index contributed by atoms with van der Waals surface area (Å²) in [4.78, 5) is 2.51. The summed E-state index contributed by atoms with van der Waals surface area (Å²) >= 11 is 0. The summed E-state index contributed by atoms with van der Waals surface area (Å²) in [6.45, 7) is 10.8. The van der Waals surface area contributed by atoms with Crippen molar-refractivity contribution < 1.29 is 4.74 Å². The second-order valence-electron chi connectivity index (χ2n) is 5.90. The van der Waals surface area contributed by atoms with Gasteiger partial charge in [0.25, 0.3) is 0 Å². The van der Waals surface area contributed by atoms with Crippen LogP contribution in [0.15, 0.2) is 29.8 Å². The molecule has 0 spiro atoms. The van der Waals surface area contributed by atoms with Crippen LogP contribution in [0.5, 0.6) is 5.75 Å². The molecule has 0 bridgehead atoms. The maximum atomic E-state index is 5.85. The molecule has 2 nitrogen and oxygen atoms in total. The Labute approximate surface area is 123 Å². The standard InChI is InChI=1S/C18H27NO/c1-15(2)16(3)17-7-9-18(10-8-17)20-14-13-19-11-5-4-6-12-19/h7-10H,4-6,11-14H2,1-3H3. The summed E-state index contributed by atoms with van der Waals surface area (Å²) in [6.07, 6.45) is 4.08. The maximum absolute atomic E-state index is 5.85. The van der Waals surface area contributed by atoms with Crippen LogP contribution in [-0.4, -0.2) is 31.1 Å². The van der Waals surface area contributed by atoms with Crippen LogP contribution in [-0.2, 0) is 0 Å². The fourth-order valence-electron chi connectivity index (χ4n) is 2.57. The lowest BCUT2D eigenvalue weighted by atomic mass is 10.0. The summed E-state index contributed by atoms with van der Waals surface area (Å²) in [5.41, 5.74) is 4.00. The van der Waals surface area contributed by atoms with E-state index in [2.05, 4.69) is 49.9 Å². The molecule has 1 aliphatic heterocycles. The smallest absolute Gasteiger partial charge is 0.119 e. The van der Waals surface area contributed by atoms with E-state index in [4.69, 9.17) is 4.74 Å². The fraction of sp³-hybridized carbons (Fsp3) is 0.556. The third-order valence-corrected chi connectivity index (χ3v) is 4.16. The van der Waals surface area contributed by atoms with E-state index in [1.807, 2.05) is 0 Å². The number of hydrogen-bond donors (Lipinski definition) is 0. The molecule has 1 aliphatic rings. The number of benzene rings is 1. The van der Waals surface area contributed by atoms with Crippen molar-refractivity contribution in [2.24, 2.45) is 0 Å². The summed E-state index contributed by atoms with van der Waals surface area (Å²) in [5.74, 6) is 0.979. The number of nitrogens with zero attached hydrogens (tertiary/aromatic N) is 1. The average Bonchev–Trinajstić information content (AvgIpc) is 2.48. The predicted molar refractivity (Wildman–Crippen MR) is 86.2 cm³/mol. The predicted octanol–water partition coefficient (Wildman–Crippen LogP) is 4.36. The molecule has 0 amide bonds. The molecule has 110 valence electrons. The molecule has 1 fully saturated rings. The van der Waals surface area contributed by atoms with Crippen molar-refractivity contribution in [2.45, 2.75) is 40.0 Å². The van der Waals surface area contributed by atoms with Crippen molar-refractivity contribution in [1.82, 2.24) is 4.90 Å². The van der Waals surface area contributed by atoms with E-state index in [0.717, 1.165) is 18.9 Å². The highest BCUT2D eigenvalue weighted by molar-refractivity contribution is 5.66. The Morgan fingerprint density at radius 1 is 1.00 bits per heavy atom. The number of likely N-dealkylation sites (tertiary alicyclic amines) is 1. The zero-order chi connectivity index (χ0) is 14.4. The first-order valence-corrected chi connectivity index (χ1v) is 7.76. The molecule has 0 atom stereocenters. The number of piperidine rings is 1. The number of allylic oxidation sites excluding steroid dienone is 2. The van der Waals surface area contributed by atoms with Crippen LogP contribution >= 0.6 is 0 Å². The Bertz CT molecular complexity index is 437. The Kier molecular flexibility index (Phi) is 5.66. The lowest BCUT2D eigenvalue weighted by Gasteiger charge is -2.26. The van der Waals surface area contributed by atoms with Gasteiger partial charge in [0.2, 0.25) is 0 Å². The third-order valence-electron chi connectivity index (χ3n) is 4.16. The molecule has 1 aromatic rings. The van der Waals surface area contributed by atoms with Gasteiger partial charge in [0.15, 0.2) is 0 Å². The molecular weight excluding hydrogens is 246 g/mol. The average molecular weight is 273 g/mol. The highest BCUT2D eigenvalue weighted by Crippen LogP contribution is 2.21. The SMILES string of the molecule is CC(C)=C(C)c1ccc(OCCN2CCCCC2)cc1. The van der Waals surface area contributed by atoms with Crippen LogP contribution in [0.3, 0.4) is 0 Å². The summed E-state index contributed by atoms with van der Waals surface area (Å²) < 4.78 is 5.85. The van der Waals surface area contributed by atoms with Crippen molar-refractivity contribution in [1.29, 1.82) is 0 Å². The summed E-state index contributed by atoms with van der Waals surface area (Å²) in [7, 11) is 0. The van der Waals surface area contributed by atoms with E-state index in [1.54, 1.807) is 0 Å². The molecule has 0 aromatic heterocycles. The largest absolute Gasteiger partial charge is 0.492 e. The Hall–Kier alpha value is -1.28. The quantitative estimate of drug-likeness (QED) is 0.790. The molecule has 2 rings (SSSR count). The van der Waals surface area contributed by atoms with E-state index in [9.17, 15) is 0 Å². The Morgan fingerprint density at radius 3 is 2.25 bits per heavy atom.